The topological polar surface area (TPSA) is 67.9 Å². The van der Waals surface area contributed by atoms with Crippen molar-refractivity contribution in [1.82, 2.24) is 10.2 Å². The molecular weight excluding hydrogens is 304 g/mol. The van der Waals surface area contributed by atoms with E-state index < -0.39 is 17.4 Å². The van der Waals surface area contributed by atoms with E-state index >= 15 is 0 Å². The zero-order chi connectivity index (χ0) is 14.8. The average Bonchev–Trinajstić information content (AvgIpc) is 2.85. The van der Waals surface area contributed by atoms with Gasteiger partial charge in [0, 0.05) is 27.2 Å². The van der Waals surface area contributed by atoms with Crippen LogP contribution in [0.15, 0.2) is 12.1 Å². The average molecular weight is 319 g/mol. The van der Waals surface area contributed by atoms with Crippen LogP contribution in [0.2, 0.25) is 4.34 Å². The molecule has 1 atom stereocenters. The fraction of sp³-hybridized carbons (Fsp3) is 0.500. The summed E-state index contributed by atoms with van der Waals surface area (Å²) in [6.07, 6.45) is 0. The fourth-order valence-electron chi connectivity index (χ4n) is 1.95. The summed E-state index contributed by atoms with van der Waals surface area (Å²) in [5.41, 5.74) is -1.66. The molecule has 1 aromatic heterocycles. The van der Waals surface area contributed by atoms with Crippen molar-refractivity contribution < 1.29 is 19.1 Å². The number of amides is 1. The number of thiophene rings is 1. The molecule has 1 aliphatic heterocycles. The molecule has 1 amide bonds. The maximum atomic E-state index is 12.3. The van der Waals surface area contributed by atoms with Crippen molar-refractivity contribution in [2.24, 2.45) is 0 Å². The normalized spacial score (nSPS) is 22.9. The molecule has 1 aromatic rings. The zero-order valence-electron chi connectivity index (χ0n) is 11.1. The Morgan fingerprint density at radius 2 is 2.35 bits per heavy atom. The van der Waals surface area contributed by atoms with E-state index in [9.17, 15) is 9.59 Å². The highest BCUT2D eigenvalue weighted by Gasteiger charge is 2.49. The van der Waals surface area contributed by atoms with Crippen molar-refractivity contribution in [1.29, 1.82) is 0 Å². The summed E-state index contributed by atoms with van der Waals surface area (Å²) < 4.78 is 11.1. The zero-order valence-corrected chi connectivity index (χ0v) is 12.7. The quantitative estimate of drug-likeness (QED) is 0.812. The first-order valence-corrected chi connectivity index (χ1v) is 7.16. The lowest BCUT2D eigenvalue weighted by molar-refractivity contribution is -0.172. The standard InChI is InChI=1S/C12H15ClN2O4S/c1-15-6-5-14-12(18-2,11(15)17)8(16)7-19-10-4-3-9(13)20-10/h3-4,14H,5-7H2,1-2H3. The fourth-order valence-corrected chi connectivity index (χ4v) is 2.82. The molecule has 1 fully saturated rings. The summed E-state index contributed by atoms with van der Waals surface area (Å²) in [6, 6.07) is 3.35. The number of nitrogens with one attached hydrogen (secondary N) is 1. The number of ether oxygens (including phenoxy) is 2. The Bertz CT molecular complexity index is 521. The number of methoxy groups -OCH3 is 1. The second-order valence-corrected chi connectivity index (χ2v) is 5.99. The largest absolute Gasteiger partial charge is 0.476 e. The highest BCUT2D eigenvalue weighted by Crippen LogP contribution is 2.28. The van der Waals surface area contributed by atoms with Gasteiger partial charge in [0.25, 0.3) is 11.6 Å². The molecule has 2 heterocycles. The van der Waals surface area contributed by atoms with Gasteiger partial charge in [-0.2, -0.15) is 0 Å². The van der Waals surface area contributed by atoms with Gasteiger partial charge in [-0.25, -0.2) is 0 Å². The van der Waals surface area contributed by atoms with Gasteiger partial charge in [0.15, 0.2) is 11.7 Å². The van der Waals surface area contributed by atoms with Crippen molar-refractivity contribution in [3.63, 3.8) is 0 Å². The van der Waals surface area contributed by atoms with Gasteiger partial charge in [0.05, 0.1) is 4.34 Å². The van der Waals surface area contributed by atoms with Crippen LogP contribution in [0.3, 0.4) is 0 Å². The third kappa shape index (κ3) is 2.80. The number of ketones is 1. The van der Waals surface area contributed by atoms with Crippen molar-refractivity contribution >= 4 is 34.6 Å². The number of carbonyl (C=O) groups is 2. The van der Waals surface area contributed by atoms with Crippen LogP contribution >= 0.6 is 22.9 Å². The molecule has 0 saturated carbocycles. The van der Waals surface area contributed by atoms with Gasteiger partial charge in [-0.15, -0.1) is 0 Å². The SMILES string of the molecule is COC1(C(=O)COc2ccc(Cl)s2)NCCN(C)C1=O. The first-order valence-electron chi connectivity index (χ1n) is 5.97. The van der Waals surface area contributed by atoms with Gasteiger partial charge in [-0.05, 0) is 12.1 Å². The Labute approximate surface area is 125 Å². The monoisotopic (exact) mass is 318 g/mol. The van der Waals surface area contributed by atoms with E-state index in [1.807, 2.05) is 0 Å². The minimum Gasteiger partial charge on any atom is -0.476 e. The van der Waals surface area contributed by atoms with Gasteiger partial charge in [-0.3, -0.25) is 14.9 Å². The first-order chi connectivity index (χ1) is 9.49. The highest BCUT2D eigenvalue weighted by atomic mass is 35.5. The van der Waals surface area contributed by atoms with Crippen molar-refractivity contribution in [3.05, 3.63) is 16.5 Å². The number of halogens is 1. The maximum Gasteiger partial charge on any atom is 0.278 e. The number of hydrogen-bond acceptors (Lipinski definition) is 6. The Kier molecular flexibility index (Phi) is 4.64. The lowest BCUT2D eigenvalue weighted by Gasteiger charge is -2.38. The minimum absolute atomic E-state index is 0.267. The summed E-state index contributed by atoms with van der Waals surface area (Å²) in [7, 11) is 2.95. The van der Waals surface area contributed by atoms with Gasteiger partial charge < -0.3 is 14.4 Å². The summed E-state index contributed by atoms with van der Waals surface area (Å²) >= 11 is 7.00. The van der Waals surface area contributed by atoms with Crippen LogP contribution in [0.25, 0.3) is 0 Å². The number of carbonyl (C=O) groups excluding carboxylic acids is 2. The molecule has 0 radical (unpaired) electrons. The van der Waals surface area contributed by atoms with Gasteiger partial charge in [0.2, 0.25) is 5.78 Å². The second kappa shape index (κ2) is 6.09. The van der Waals surface area contributed by atoms with Gasteiger partial charge in [0.1, 0.15) is 0 Å². The van der Waals surface area contributed by atoms with E-state index in [4.69, 9.17) is 21.1 Å². The van der Waals surface area contributed by atoms with Crippen LogP contribution in [-0.2, 0) is 14.3 Å². The molecule has 0 aromatic carbocycles. The van der Waals surface area contributed by atoms with E-state index in [-0.39, 0.29) is 6.61 Å². The molecule has 1 saturated heterocycles. The number of likely N-dealkylation sites (N-methyl/N-ethyl adjacent to an activating group) is 1. The van der Waals surface area contributed by atoms with E-state index in [1.165, 1.54) is 23.3 Å². The summed E-state index contributed by atoms with van der Waals surface area (Å²) in [6.45, 7) is 0.739. The molecule has 20 heavy (non-hydrogen) atoms. The summed E-state index contributed by atoms with van der Waals surface area (Å²) in [5.74, 6) is -0.884. The predicted octanol–water partition coefficient (Wildman–Crippen LogP) is 0.754. The van der Waals surface area contributed by atoms with Gasteiger partial charge >= 0.3 is 0 Å². The van der Waals surface area contributed by atoms with E-state index in [0.717, 1.165) is 0 Å². The third-order valence-electron chi connectivity index (χ3n) is 3.06. The number of piperazine rings is 1. The molecule has 6 nitrogen and oxygen atoms in total. The van der Waals surface area contributed by atoms with Crippen LogP contribution in [0.1, 0.15) is 0 Å². The van der Waals surface area contributed by atoms with Crippen molar-refractivity contribution in [2.45, 2.75) is 5.72 Å². The molecular formula is C12H15ClN2O4S. The third-order valence-corrected chi connectivity index (χ3v) is 4.21. The number of Topliss-reactive ketones (excluding diaryl/α,β-unsaturated/α-hetero) is 1. The van der Waals surface area contributed by atoms with Crippen molar-refractivity contribution in [2.75, 3.05) is 33.9 Å². The Hall–Kier alpha value is -1.15. The molecule has 1 aliphatic rings. The molecule has 8 heteroatoms. The van der Waals surface area contributed by atoms with Crippen LogP contribution < -0.4 is 10.1 Å². The maximum absolute atomic E-state index is 12.3. The van der Waals surface area contributed by atoms with E-state index in [2.05, 4.69) is 5.32 Å². The van der Waals surface area contributed by atoms with Gasteiger partial charge in [-0.1, -0.05) is 22.9 Å². The number of nitrogens with zero attached hydrogens (tertiary/aromatic N) is 1. The molecule has 1 unspecified atom stereocenters. The summed E-state index contributed by atoms with van der Waals surface area (Å²) in [5, 5.41) is 3.36. The lowest BCUT2D eigenvalue weighted by atomic mass is 10.0. The first kappa shape index (κ1) is 15.2. The molecule has 0 spiro atoms. The predicted molar refractivity (Wildman–Crippen MR) is 75.2 cm³/mol. The molecule has 0 aliphatic carbocycles. The van der Waals surface area contributed by atoms with Crippen LogP contribution in [0, 0.1) is 0 Å². The number of rotatable bonds is 5. The summed E-state index contributed by atoms with van der Waals surface area (Å²) in [4.78, 5) is 25.9. The van der Waals surface area contributed by atoms with E-state index in [0.29, 0.717) is 22.5 Å². The second-order valence-electron chi connectivity index (χ2n) is 4.31. The van der Waals surface area contributed by atoms with Crippen LogP contribution in [0.5, 0.6) is 5.06 Å². The van der Waals surface area contributed by atoms with Crippen molar-refractivity contribution in [3.8, 4) is 5.06 Å². The van der Waals surface area contributed by atoms with Crippen LogP contribution in [0.4, 0.5) is 0 Å². The molecule has 0 bridgehead atoms. The van der Waals surface area contributed by atoms with Crippen LogP contribution in [-0.4, -0.2) is 56.2 Å². The smallest absolute Gasteiger partial charge is 0.278 e. The Morgan fingerprint density at radius 1 is 1.60 bits per heavy atom. The highest BCUT2D eigenvalue weighted by molar-refractivity contribution is 7.17. The Morgan fingerprint density at radius 3 is 2.95 bits per heavy atom. The minimum atomic E-state index is -1.66. The molecule has 110 valence electrons. The lowest BCUT2D eigenvalue weighted by Crippen LogP contribution is -2.69. The Balaban J connectivity index is 2.07. The van der Waals surface area contributed by atoms with E-state index in [1.54, 1.807) is 19.2 Å². The molecule has 1 N–H and O–H groups in total. The molecule has 2 rings (SSSR count). The number of hydrogen-bond donors (Lipinski definition) is 1.